The molecule has 2 fully saturated rings. The van der Waals surface area contributed by atoms with E-state index in [1.165, 1.54) is 11.1 Å². The predicted octanol–water partition coefficient (Wildman–Crippen LogP) is 2.91. The van der Waals surface area contributed by atoms with Crippen LogP contribution in [0.25, 0.3) is 0 Å². The Bertz CT molecular complexity index is 2190. The second-order valence-electron chi connectivity index (χ2n) is 18.5. The molecule has 2 aliphatic heterocycles. The fourth-order valence-electron chi connectivity index (χ4n) is 9.67. The van der Waals surface area contributed by atoms with Gasteiger partial charge >= 0.3 is 0 Å². The molecule has 16 nitrogen and oxygen atoms in total. The van der Waals surface area contributed by atoms with Gasteiger partial charge in [0.05, 0.1) is 43.0 Å². The van der Waals surface area contributed by atoms with Gasteiger partial charge in [-0.05, 0) is 134 Å². The molecule has 0 bridgehead atoms. The molecule has 68 heavy (non-hydrogen) atoms. The molecule has 2 aromatic rings. The molecule has 0 aromatic heterocycles. The largest absolute Gasteiger partial charge is 0.372 e. The van der Waals surface area contributed by atoms with Crippen LogP contribution in [-0.2, 0) is 51.1 Å². The number of ether oxygens (including phenoxy) is 2. The van der Waals surface area contributed by atoms with Crippen molar-refractivity contribution in [2.75, 3.05) is 40.4 Å². The van der Waals surface area contributed by atoms with E-state index in [1.807, 2.05) is 24.3 Å². The highest BCUT2D eigenvalue weighted by Crippen LogP contribution is 2.32. The first kappa shape index (κ1) is 51.8. The minimum absolute atomic E-state index is 0.0565. The number of nitrogens with one attached hydrogen (secondary N) is 6. The Morgan fingerprint density at radius 1 is 0.647 bits per heavy atom. The molecule has 6 amide bonds. The summed E-state index contributed by atoms with van der Waals surface area (Å²) in [5, 5.41) is 18.0. The van der Waals surface area contributed by atoms with Gasteiger partial charge in [-0.2, -0.15) is 0 Å². The average Bonchev–Trinajstić information content (AvgIpc) is 4.06. The van der Waals surface area contributed by atoms with Gasteiger partial charge in [-0.15, -0.1) is 0 Å². The molecule has 4 aliphatic rings. The third kappa shape index (κ3) is 13.1. The Labute approximate surface area is 401 Å². The van der Waals surface area contributed by atoms with Crippen LogP contribution in [0.4, 0.5) is 0 Å². The van der Waals surface area contributed by atoms with E-state index < -0.39 is 54.4 Å². The summed E-state index contributed by atoms with van der Waals surface area (Å²) in [6.07, 6.45) is 9.61. The first-order valence-corrected chi connectivity index (χ1v) is 24.5. The Kier molecular flexibility index (Phi) is 19.1. The van der Waals surface area contributed by atoms with Gasteiger partial charge in [0.25, 0.3) is 0 Å². The Balaban J connectivity index is 1.03. The second kappa shape index (κ2) is 25.1. The van der Waals surface area contributed by atoms with Crippen molar-refractivity contribution in [3.8, 4) is 11.8 Å². The summed E-state index contributed by atoms with van der Waals surface area (Å²) < 4.78 is 12.1. The molecular weight excluding hydrogens is 865 g/mol. The summed E-state index contributed by atoms with van der Waals surface area (Å²) in [7, 11) is 3.32. The second-order valence-corrected chi connectivity index (χ2v) is 18.5. The number of allylic oxidation sites excluding steroid dienone is 1. The van der Waals surface area contributed by atoms with Crippen molar-refractivity contribution >= 4 is 35.4 Å². The Morgan fingerprint density at radius 2 is 1.10 bits per heavy atom. The van der Waals surface area contributed by atoms with Gasteiger partial charge in [0.2, 0.25) is 35.4 Å². The van der Waals surface area contributed by atoms with Crippen LogP contribution < -0.4 is 31.9 Å². The minimum atomic E-state index is -1.07. The monoisotopic (exact) mass is 937 g/mol. The van der Waals surface area contributed by atoms with Crippen LogP contribution in [-0.4, -0.2) is 134 Å². The number of likely N-dealkylation sites (N-methyl/N-ethyl adjacent to an activating group) is 2. The molecule has 0 saturated carbocycles. The molecule has 6 N–H and O–H groups in total. The van der Waals surface area contributed by atoms with Crippen molar-refractivity contribution < 1.29 is 38.2 Å². The summed E-state index contributed by atoms with van der Waals surface area (Å²) in [5.74, 6) is 3.90. The molecule has 2 saturated heterocycles. The van der Waals surface area contributed by atoms with E-state index in [4.69, 9.17) is 9.47 Å². The van der Waals surface area contributed by atoms with E-state index >= 15 is 0 Å². The molecule has 2 aliphatic carbocycles. The van der Waals surface area contributed by atoms with E-state index in [-0.39, 0.29) is 54.8 Å². The molecule has 10 atom stereocenters. The Morgan fingerprint density at radius 3 is 1.57 bits per heavy atom. The molecule has 2 heterocycles. The van der Waals surface area contributed by atoms with Gasteiger partial charge in [-0.25, -0.2) is 0 Å². The predicted molar refractivity (Wildman–Crippen MR) is 259 cm³/mol. The number of amides is 6. The van der Waals surface area contributed by atoms with Gasteiger partial charge in [-0.1, -0.05) is 66.4 Å². The Hall–Kier alpha value is -5.60. The lowest BCUT2D eigenvalue weighted by atomic mass is 9.87. The highest BCUT2D eigenvalue weighted by Gasteiger charge is 2.42. The van der Waals surface area contributed by atoms with Gasteiger partial charge in [-0.3, -0.25) is 28.8 Å². The quantitative estimate of drug-likeness (QED) is 0.114. The number of carbonyl (C=O) groups excluding carboxylic acids is 6. The van der Waals surface area contributed by atoms with E-state index in [0.29, 0.717) is 38.8 Å². The summed E-state index contributed by atoms with van der Waals surface area (Å²) in [4.78, 5) is 85.4. The summed E-state index contributed by atoms with van der Waals surface area (Å²) in [6.45, 7) is 7.59. The number of likely N-dealkylation sites (tertiary alicyclic amines) is 2. The number of hydrogen-bond donors (Lipinski definition) is 6. The third-order valence-corrected chi connectivity index (χ3v) is 13.9. The maximum Gasteiger partial charge on any atom is 0.248 e. The first-order chi connectivity index (χ1) is 32.8. The van der Waals surface area contributed by atoms with Crippen molar-refractivity contribution in [3.05, 3.63) is 82.9 Å². The normalized spacial score (nSPS) is 22.6. The number of rotatable bonds is 19. The fourth-order valence-corrected chi connectivity index (χ4v) is 9.67. The van der Waals surface area contributed by atoms with E-state index in [2.05, 4.69) is 68.0 Å². The SMILES string of the molecule is CN[C@@H](C)C(=O)N[C@H](C(=O)N1CCC[C@H]1C(=O)N[C@@H]1CCCc2ccccc21)[C@@H](C)OCC#C/C=C/CO[C@H](C)[C@H](NC(=O)[C@H](C)NC)C(=O)N1CCC[C@H]1C(=O)N[C@@H]1CCCc2ccccc21. The van der Waals surface area contributed by atoms with Crippen LogP contribution >= 0.6 is 0 Å². The lowest BCUT2D eigenvalue weighted by molar-refractivity contribution is -0.145. The molecule has 0 unspecified atom stereocenters. The number of nitrogens with zero attached hydrogens (tertiary/aromatic N) is 2. The number of fused-ring (bicyclic) bond motifs is 2. The molecule has 6 rings (SSSR count). The van der Waals surface area contributed by atoms with Crippen LogP contribution in [0.3, 0.4) is 0 Å². The number of carbonyl (C=O) groups is 6. The third-order valence-electron chi connectivity index (χ3n) is 13.9. The van der Waals surface area contributed by atoms with Gasteiger partial charge < -0.3 is 51.2 Å². The zero-order valence-corrected chi connectivity index (χ0v) is 40.6. The van der Waals surface area contributed by atoms with Crippen LogP contribution in [0.2, 0.25) is 0 Å². The van der Waals surface area contributed by atoms with Crippen molar-refractivity contribution in [3.63, 3.8) is 0 Å². The summed E-state index contributed by atoms with van der Waals surface area (Å²) in [6, 6.07) is 11.4. The van der Waals surface area contributed by atoms with Crippen molar-refractivity contribution in [1.29, 1.82) is 0 Å². The number of aryl methyl sites for hydroxylation is 2. The molecule has 0 radical (unpaired) electrons. The van der Waals surface area contributed by atoms with Gasteiger partial charge in [0.15, 0.2) is 0 Å². The smallest absolute Gasteiger partial charge is 0.248 e. The van der Waals surface area contributed by atoms with Crippen molar-refractivity contribution in [1.82, 2.24) is 41.7 Å². The lowest BCUT2D eigenvalue weighted by Gasteiger charge is -2.33. The lowest BCUT2D eigenvalue weighted by Crippen LogP contribution is -2.59. The summed E-state index contributed by atoms with van der Waals surface area (Å²) >= 11 is 0. The summed E-state index contributed by atoms with van der Waals surface area (Å²) in [5.41, 5.74) is 4.70. The molecular formula is C52H72N8O8. The maximum atomic E-state index is 14.2. The van der Waals surface area contributed by atoms with Gasteiger partial charge in [0, 0.05) is 13.1 Å². The topological polar surface area (TPSA) is 200 Å². The standard InChI is InChI=1S/C52H72N8O8/c1-33(53-5)47(61)57-45(51(65)59-29-17-27-43(59)49(63)55-41-25-15-21-37-19-9-11-23-39(37)41)35(3)67-31-13-7-8-14-32-68-36(4)46(58-48(62)34(2)54-6)52(66)60-30-18-28-44(60)50(64)56-42-26-16-22-38-20-10-12-24-40(38)42/h7,9-13,19-20,23-24,33-36,41-46,53-54H,15-18,21-22,25-32H2,1-6H3,(H,55,63)(H,56,64)(H,57,61)(H,58,62)/b13-7+/t33-,34-,35+,36+,41+,42+,43-,44-,45-,46-/m0/s1. The van der Waals surface area contributed by atoms with Crippen LogP contribution in [0.15, 0.2) is 60.7 Å². The zero-order chi connectivity index (χ0) is 48.7. The van der Waals surface area contributed by atoms with Gasteiger partial charge in [0.1, 0.15) is 30.8 Å². The molecule has 0 spiro atoms. The van der Waals surface area contributed by atoms with Crippen LogP contribution in [0, 0.1) is 11.8 Å². The minimum Gasteiger partial charge on any atom is -0.372 e. The van der Waals surface area contributed by atoms with Crippen LogP contribution in [0.5, 0.6) is 0 Å². The van der Waals surface area contributed by atoms with E-state index in [1.54, 1.807) is 63.7 Å². The molecule has 2 aromatic carbocycles. The van der Waals surface area contributed by atoms with E-state index in [9.17, 15) is 28.8 Å². The average molecular weight is 937 g/mol. The van der Waals surface area contributed by atoms with Crippen molar-refractivity contribution in [2.24, 2.45) is 0 Å². The fraction of sp³-hybridized carbons (Fsp3) is 0.577. The highest BCUT2D eigenvalue weighted by molar-refractivity contribution is 5.95. The molecule has 16 heteroatoms. The first-order valence-electron chi connectivity index (χ1n) is 24.5. The zero-order valence-electron chi connectivity index (χ0n) is 40.6. The van der Waals surface area contributed by atoms with E-state index in [0.717, 1.165) is 49.7 Å². The maximum absolute atomic E-state index is 14.2. The van der Waals surface area contributed by atoms with Crippen molar-refractivity contribution in [2.45, 2.75) is 152 Å². The highest BCUT2D eigenvalue weighted by atomic mass is 16.5. The number of benzene rings is 2. The molecule has 368 valence electrons. The number of hydrogen-bond acceptors (Lipinski definition) is 10. The van der Waals surface area contributed by atoms with Crippen LogP contribution in [0.1, 0.15) is 113 Å².